The van der Waals surface area contributed by atoms with Gasteiger partial charge < -0.3 is 4.90 Å². The Morgan fingerprint density at radius 2 is 2.04 bits per heavy atom. The Labute approximate surface area is 153 Å². The van der Waals surface area contributed by atoms with Gasteiger partial charge in [-0.2, -0.15) is 0 Å². The number of nitrogens with zero attached hydrogens (tertiary/aromatic N) is 3. The lowest BCUT2D eigenvalue weighted by Gasteiger charge is -2.31. The normalized spacial score (nSPS) is 16.5. The minimum atomic E-state index is 0.643. The van der Waals surface area contributed by atoms with Crippen LogP contribution in [0.3, 0.4) is 0 Å². The summed E-state index contributed by atoms with van der Waals surface area (Å²) in [6, 6.07) is 12.8. The Morgan fingerprint density at radius 1 is 1.16 bits per heavy atom. The molecule has 0 bridgehead atoms. The van der Waals surface area contributed by atoms with Gasteiger partial charge in [0.2, 0.25) is 0 Å². The van der Waals surface area contributed by atoms with E-state index in [0.717, 1.165) is 11.9 Å². The minimum Gasteiger partial charge on any atom is -0.303 e. The molecule has 1 saturated heterocycles. The number of aromatic nitrogens is 2. The SMILES string of the molecule is Cc1ccc2nc(CCCN3CCC(c4ccccn4)CC3)sc2c1. The fourth-order valence-electron chi connectivity index (χ4n) is 3.71. The number of benzene rings is 1. The van der Waals surface area contributed by atoms with Crippen molar-refractivity contribution in [1.82, 2.24) is 14.9 Å². The van der Waals surface area contributed by atoms with E-state index in [0.29, 0.717) is 5.92 Å². The predicted octanol–water partition coefficient (Wildman–Crippen LogP) is 4.81. The molecule has 1 fully saturated rings. The predicted molar refractivity (Wildman–Crippen MR) is 105 cm³/mol. The van der Waals surface area contributed by atoms with Crippen LogP contribution in [0.25, 0.3) is 10.2 Å². The van der Waals surface area contributed by atoms with Crippen molar-refractivity contribution in [2.45, 2.75) is 38.5 Å². The zero-order valence-electron chi connectivity index (χ0n) is 14.8. The zero-order valence-corrected chi connectivity index (χ0v) is 15.6. The van der Waals surface area contributed by atoms with Crippen LogP contribution in [0.2, 0.25) is 0 Å². The number of piperidine rings is 1. The Morgan fingerprint density at radius 3 is 2.84 bits per heavy atom. The molecule has 3 nitrogen and oxygen atoms in total. The van der Waals surface area contributed by atoms with Gasteiger partial charge in [0.05, 0.1) is 15.2 Å². The van der Waals surface area contributed by atoms with Gasteiger partial charge in [-0.15, -0.1) is 11.3 Å². The molecule has 0 aliphatic carbocycles. The monoisotopic (exact) mass is 351 g/mol. The standard InChI is InChI=1S/C21H25N3S/c1-16-7-8-19-20(15-16)25-21(23-19)6-4-12-24-13-9-17(10-14-24)18-5-2-3-11-22-18/h2-3,5,7-8,11,15,17H,4,6,9-10,12-14H2,1H3. The first-order chi connectivity index (χ1) is 12.3. The fourth-order valence-corrected chi connectivity index (χ4v) is 4.82. The maximum atomic E-state index is 4.78. The summed E-state index contributed by atoms with van der Waals surface area (Å²) < 4.78 is 1.33. The molecule has 0 amide bonds. The van der Waals surface area contributed by atoms with Crippen LogP contribution >= 0.6 is 11.3 Å². The summed E-state index contributed by atoms with van der Waals surface area (Å²) in [5.74, 6) is 0.643. The van der Waals surface area contributed by atoms with E-state index in [1.165, 1.54) is 59.9 Å². The number of rotatable bonds is 5. The molecule has 0 spiro atoms. The van der Waals surface area contributed by atoms with Crippen LogP contribution < -0.4 is 0 Å². The van der Waals surface area contributed by atoms with E-state index in [4.69, 9.17) is 4.98 Å². The highest BCUT2D eigenvalue weighted by Gasteiger charge is 2.21. The highest BCUT2D eigenvalue weighted by molar-refractivity contribution is 7.18. The lowest BCUT2D eigenvalue weighted by Crippen LogP contribution is -2.34. The van der Waals surface area contributed by atoms with E-state index in [-0.39, 0.29) is 0 Å². The largest absolute Gasteiger partial charge is 0.303 e. The molecule has 3 heterocycles. The Hall–Kier alpha value is -1.78. The summed E-state index contributed by atoms with van der Waals surface area (Å²) in [5.41, 5.74) is 3.74. The highest BCUT2D eigenvalue weighted by atomic mass is 32.1. The van der Waals surface area contributed by atoms with Crippen molar-refractivity contribution in [2.75, 3.05) is 19.6 Å². The molecule has 25 heavy (non-hydrogen) atoms. The molecule has 130 valence electrons. The number of aryl methyl sites for hydroxylation is 2. The van der Waals surface area contributed by atoms with Gasteiger partial charge in [0.1, 0.15) is 0 Å². The topological polar surface area (TPSA) is 29.0 Å². The molecule has 0 N–H and O–H groups in total. The van der Waals surface area contributed by atoms with Gasteiger partial charge in [-0.1, -0.05) is 12.1 Å². The summed E-state index contributed by atoms with van der Waals surface area (Å²) in [6.07, 6.45) is 6.68. The average Bonchev–Trinajstić information content (AvgIpc) is 3.05. The third-order valence-corrected chi connectivity index (χ3v) is 6.22. The molecule has 1 aliphatic heterocycles. The summed E-state index contributed by atoms with van der Waals surface area (Å²) >= 11 is 1.86. The molecule has 2 aromatic heterocycles. The highest BCUT2D eigenvalue weighted by Crippen LogP contribution is 2.27. The number of fused-ring (bicyclic) bond motifs is 1. The van der Waals surface area contributed by atoms with Gasteiger partial charge in [0.25, 0.3) is 0 Å². The maximum absolute atomic E-state index is 4.78. The van der Waals surface area contributed by atoms with E-state index in [2.05, 4.69) is 47.1 Å². The van der Waals surface area contributed by atoms with Crippen molar-refractivity contribution in [1.29, 1.82) is 0 Å². The van der Waals surface area contributed by atoms with E-state index < -0.39 is 0 Å². The van der Waals surface area contributed by atoms with Crippen molar-refractivity contribution in [3.63, 3.8) is 0 Å². The van der Waals surface area contributed by atoms with Crippen LogP contribution in [0.1, 0.15) is 41.4 Å². The summed E-state index contributed by atoms with van der Waals surface area (Å²) in [4.78, 5) is 11.9. The van der Waals surface area contributed by atoms with Crippen LogP contribution in [0.4, 0.5) is 0 Å². The molecule has 0 radical (unpaired) electrons. The van der Waals surface area contributed by atoms with Crippen molar-refractivity contribution in [3.05, 3.63) is 58.9 Å². The second-order valence-corrected chi connectivity index (χ2v) is 8.17. The first-order valence-corrected chi connectivity index (χ1v) is 10.1. The lowest BCUT2D eigenvalue weighted by molar-refractivity contribution is 0.209. The number of hydrogen-bond acceptors (Lipinski definition) is 4. The molecule has 4 heteroatoms. The van der Waals surface area contributed by atoms with Crippen molar-refractivity contribution in [2.24, 2.45) is 0 Å². The molecule has 4 rings (SSSR count). The van der Waals surface area contributed by atoms with Crippen LogP contribution in [0.15, 0.2) is 42.6 Å². The quantitative estimate of drug-likeness (QED) is 0.660. The van der Waals surface area contributed by atoms with Gasteiger partial charge >= 0.3 is 0 Å². The molecule has 1 aliphatic rings. The lowest BCUT2D eigenvalue weighted by atomic mass is 9.93. The smallest absolute Gasteiger partial charge is 0.0939 e. The second-order valence-electron chi connectivity index (χ2n) is 7.05. The first-order valence-electron chi connectivity index (χ1n) is 9.27. The minimum absolute atomic E-state index is 0.643. The molecule has 0 unspecified atom stereocenters. The van der Waals surface area contributed by atoms with Gasteiger partial charge in [0.15, 0.2) is 0 Å². The summed E-state index contributed by atoms with van der Waals surface area (Å²) in [5, 5.41) is 1.28. The van der Waals surface area contributed by atoms with E-state index in [9.17, 15) is 0 Å². The molecule has 0 atom stereocenters. The van der Waals surface area contributed by atoms with Crippen LogP contribution in [-0.4, -0.2) is 34.5 Å². The van der Waals surface area contributed by atoms with E-state index in [1.807, 2.05) is 23.6 Å². The van der Waals surface area contributed by atoms with Gasteiger partial charge in [0, 0.05) is 24.2 Å². The average molecular weight is 352 g/mol. The maximum Gasteiger partial charge on any atom is 0.0939 e. The fraction of sp³-hybridized carbons (Fsp3) is 0.429. The van der Waals surface area contributed by atoms with Crippen LogP contribution in [0, 0.1) is 6.92 Å². The second kappa shape index (κ2) is 7.63. The Balaban J connectivity index is 1.25. The Bertz CT molecular complexity index is 820. The number of thiazole rings is 1. The number of pyridine rings is 1. The van der Waals surface area contributed by atoms with Crippen molar-refractivity contribution < 1.29 is 0 Å². The summed E-state index contributed by atoms with van der Waals surface area (Å²) in [7, 11) is 0. The molecule has 0 saturated carbocycles. The summed E-state index contributed by atoms with van der Waals surface area (Å²) in [6.45, 7) is 5.72. The third kappa shape index (κ3) is 4.07. The van der Waals surface area contributed by atoms with E-state index in [1.54, 1.807) is 0 Å². The third-order valence-electron chi connectivity index (χ3n) is 5.15. The number of hydrogen-bond donors (Lipinski definition) is 0. The van der Waals surface area contributed by atoms with Crippen molar-refractivity contribution >= 4 is 21.6 Å². The molecule has 3 aromatic rings. The molecule has 1 aromatic carbocycles. The number of likely N-dealkylation sites (tertiary alicyclic amines) is 1. The zero-order chi connectivity index (χ0) is 17.1. The van der Waals surface area contributed by atoms with Crippen LogP contribution in [0.5, 0.6) is 0 Å². The molecular formula is C21H25N3S. The van der Waals surface area contributed by atoms with Crippen molar-refractivity contribution in [3.8, 4) is 0 Å². The molecular weight excluding hydrogens is 326 g/mol. The first kappa shape index (κ1) is 16.7. The van der Waals surface area contributed by atoms with E-state index >= 15 is 0 Å². The van der Waals surface area contributed by atoms with Gasteiger partial charge in [-0.25, -0.2) is 4.98 Å². The van der Waals surface area contributed by atoms with Gasteiger partial charge in [-0.3, -0.25) is 4.98 Å². The Kier molecular flexibility index (Phi) is 5.09. The van der Waals surface area contributed by atoms with Gasteiger partial charge in [-0.05, 0) is 75.6 Å². The van der Waals surface area contributed by atoms with Crippen LogP contribution in [-0.2, 0) is 6.42 Å².